The molecule has 6 heteroatoms. The van der Waals surface area contributed by atoms with Gasteiger partial charge in [-0.1, -0.05) is 37.1 Å². The minimum absolute atomic E-state index is 0.149. The smallest absolute Gasteiger partial charge is 0.177 e. The van der Waals surface area contributed by atoms with Gasteiger partial charge in [0, 0.05) is 5.33 Å². The van der Waals surface area contributed by atoms with Crippen molar-refractivity contribution in [2.75, 3.05) is 5.33 Å². The van der Waals surface area contributed by atoms with Gasteiger partial charge in [0.05, 0.1) is 4.83 Å². The summed E-state index contributed by atoms with van der Waals surface area (Å²) in [6.07, 6.45) is 0. The van der Waals surface area contributed by atoms with Crippen LogP contribution in [0.5, 0.6) is 0 Å². The number of tetrazole rings is 1. The minimum Gasteiger partial charge on any atom is -0.177 e. The van der Waals surface area contributed by atoms with E-state index in [0.29, 0.717) is 5.82 Å². The lowest BCUT2D eigenvalue weighted by atomic mass is 10.5. The van der Waals surface area contributed by atoms with Crippen LogP contribution in [0.2, 0.25) is 0 Å². The number of nitrogens with zero attached hydrogens (tertiary/aromatic N) is 3. The Hall–Kier alpha value is 0.0300. The molecule has 0 radical (unpaired) electrons. The lowest BCUT2D eigenvalue weighted by Crippen LogP contribution is -1.92. The van der Waals surface area contributed by atoms with E-state index in [0.717, 1.165) is 5.33 Å². The molecule has 4 nitrogen and oxygen atoms in total. The summed E-state index contributed by atoms with van der Waals surface area (Å²) in [5.74, 6) is 0.673. The number of aromatic amines is 1. The highest BCUT2D eigenvalue weighted by Gasteiger charge is 2.08. The summed E-state index contributed by atoms with van der Waals surface area (Å²) in [4.78, 5) is 0.149. The van der Waals surface area contributed by atoms with Crippen molar-refractivity contribution in [2.24, 2.45) is 0 Å². The van der Waals surface area contributed by atoms with Crippen molar-refractivity contribution in [2.45, 2.75) is 4.83 Å². The first-order valence-corrected chi connectivity index (χ1v) is 4.31. The number of H-pyrrole nitrogens is 1. The lowest BCUT2D eigenvalue weighted by molar-refractivity contribution is 0.881. The fourth-order valence-electron chi connectivity index (χ4n) is 0.371. The number of alkyl halides is 2. The number of nitrogens with one attached hydrogen (secondary N) is 1. The van der Waals surface area contributed by atoms with Gasteiger partial charge in [0.25, 0.3) is 0 Å². The van der Waals surface area contributed by atoms with E-state index in [-0.39, 0.29) is 4.83 Å². The monoisotopic (exact) mass is 254 g/mol. The van der Waals surface area contributed by atoms with Gasteiger partial charge in [0.2, 0.25) is 0 Å². The molecular formula is C3H4Br2N4. The molecule has 0 spiro atoms. The Balaban J connectivity index is 2.65. The first-order valence-electron chi connectivity index (χ1n) is 2.28. The fourth-order valence-corrected chi connectivity index (χ4v) is 0.855. The van der Waals surface area contributed by atoms with Gasteiger partial charge in [0.15, 0.2) is 5.82 Å². The maximum Gasteiger partial charge on any atom is 0.188 e. The third-order valence-corrected chi connectivity index (χ3v) is 3.03. The lowest BCUT2D eigenvalue weighted by Gasteiger charge is -1.94. The first kappa shape index (κ1) is 7.14. The molecule has 0 aliphatic heterocycles. The van der Waals surface area contributed by atoms with Gasteiger partial charge in [0.1, 0.15) is 0 Å². The van der Waals surface area contributed by atoms with E-state index in [2.05, 4.69) is 52.5 Å². The van der Waals surface area contributed by atoms with Crippen LogP contribution in [0.25, 0.3) is 0 Å². The van der Waals surface area contributed by atoms with Crippen LogP contribution < -0.4 is 0 Å². The molecule has 0 fully saturated rings. The fraction of sp³-hybridized carbons (Fsp3) is 0.667. The van der Waals surface area contributed by atoms with Gasteiger partial charge < -0.3 is 0 Å². The van der Waals surface area contributed by atoms with Gasteiger partial charge in [-0.25, -0.2) is 0 Å². The van der Waals surface area contributed by atoms with Gasteiger partial charge in [-0.05, 0) is 0 Å². The van der Waals surface area contributed by atoms with Crippen LogP contribution in [-0.2, 0) is 0 Å². The molecule has 1 aromatic heterocycles. The third kappa shape index (κ3) is 1.72. The van der Waals surface area contributed by atoms with E-state index in [1.165, 1.54) is 0 Å². The zero-order valence-corrected chi connectivity index (χ0v) is 7.55. The average molecular weight is 256 g/mol. The van der Waals surface area contributed by atoms with E-state index >= 15 is 0 Å². The van der Waals surface area contributed by atoms with Crippen LogP contribution in [0.1, 0.15) is 10.7 Å². The molecule has 1 atom stereocenters. The summed E-state index contributed by atoms with van der Waals surface area (Å²) in [5, 5.41) is 14.1. The summed E-state index contributed by atoms with van der Waals surface area (Å²) in [7, 11) is 0. The summed E-state index contributed by atoms with van der Waals surface area (Å²) in [6.45, 7) is 0. The van der Waals surface area contributed by atoms with Crippen molar-refractivity contribution in [1.29, 1.82) is 0 Å². The average Bonchev–Trinajstić information content (AvgIpc) is 2.37. The Kier molecular flexibility index (Phi) is 2.59. The maximum atomic E-state index is 3.76. The van der Waals surface area contributed by atoms with E-state index < -0.39 is 0 Å². The molecule has 50 valence electrons. The molecule has 0 aliphatic rings. The summed E-state index contributed by atoms with van der Waals surface area (Å²) >= 11 is 6.60. The van der Waals surface area contributed by atoms with Crippen LogP contribution in [0, 0.1) is 0 Å². The molecule has 1 rings (SSSR count). The Morgan fingerprint density at radius 2 is 2.44 bits per heavy atom. The number of aromatic nitrogens is 4. The van der Waals surface area contributed by atoms with E-state index in [1.54, 1.807) is 0 Å². The second-order valence-electron chi connectivity index (χ2n) is 1.39. The number of hydrogen-bond donors (Lipinski definition) is 1. The van der Waals surface area contributed by atoms with Crippen molar-refractivity contribution in [1.82, 2.24) is 20.6 Å². The molecule has 1 heterocycles. The van der Waals surface area contributed by atoms with Gasteiger partial charge in [-0.15, -0.1) is 10.2 Å². The van der Waals surface area contributed by atoms with E-state index in [4.69, 9.17) is 0 Å². The summed E-state index contributed by atoms with van der Waals surface area (Å²) in [5.41, 5.74) is 0. The largest absolute Gasteiger partial charge is 0.188 e. The normalized spacial score (nSPS) is 13.6. The Morgan fingerprint density at radius 3 is 2.89 bits per heavy atom. The topological polar surface area (TPSA) is 54.5 Å². The molecule has 0 saturated heterocycles. The van der Waals surface area contributed by atoms with Crippen LogP contribution in [-0.4, -0.2) is 26.0 Å². The predicted molar refractivity (Wildman–Crippen MR) is 39.6 cm³/mol. The molecule has 0 saturated carbocycles. The van der Waals surface area contributed by atoms with Gasteiger partial charge >= 0.3 is 0 Å². The summed E-state index contributed by atoms with van der Waals surface area (Å²) < 4.78 is 0. The molecule has 9 heavy (non-hydrogen) atoms. The minimum atomic E-state index is 0.149. The van der Waals surface area contributed by atoms with Crippen molar-refractivity contribution < 1.29 is 0 Å². The first-order chi connectivity index (χ1) is 4.34. The Morgan fingerprint density at radius 1 is 1.67 bits per heavy atom. The van der Waals surface area contributed by atoms with Crippen molar-refractivity contribution in [3.8, 4) is 0 Å². The molecule has 1 N–H and O–H groups in total. The molecule has 1 aromatic rings. The molecule has 0 unspecified atom stereocenters. The van der Waals surface area contributed by atoms with Gasteiger partial charge in [-0.3, -0.25) is 0 Å². The highest BCUT2D eigenvalue weighted by molar-refractivity contribution is 9.12. The van der Waals surface area contributed by atoms with Gasteiger partial charge in [-0.2, -0.15) is 5.21 Å². The quantitative estimate of drug-likeness (QED) is 0.804. The number of hydrogen-bond acceptors (Lipinski definition) is 3. The molecule has 0 aliphatic carbocycles. The van der Waals surface area contributed by atoms with Crippen molar-refractivity contribution in [3.05, 3.63) is 5.82 Å². The Labute approximate surface area is 68.7 Å². The molecule has 0 bridgehead atoms. The second-order valence-corrected chi connectivity index (χ2v) is 3.14. The molecule has 0 amide bonds. The zero-order chi connectivity index (χ0) is 6.69. The SMILES string of the molecule is BrC[C@@H](Br)c1nn[nH]n1. The summed E-state index contributed by atoms with van der Waals surface area (Å²) in [6, 6.07) is 0. The van der Waals surface area contributed by atoms with Crippen LogP contribution >= 0.6 is 31.9 Å². The van der Waals surface area contributed by atoms with E-state index in [1.807, 2.05) is 0 Å². The maximum absolute atomic E-state index is 3.76. The standard InChI is InChI=1S/C3H4Br2N4/c4-1-2(5)3-6-8-9-7-3/h2H,1H2,(H,6,7,8,9)/t2-/m1/s1. The zero-order valence-electron chi connectivity index (χ0n) is 4.38. The predicted octanol–water partition coefficient (Wildman–Crippen LogP) is 1.03. The highest BCUT2D eigenvalue weighted by atomic mass is 79.9. The highest BCUT2D eigenvalue weighted by Crippen LogP contribution is 2.19. The van der Waals surface area contributed by atoms with Crippen LogP contribution in [0.15, 0.2) is 0 Å². The Bertz CT molecular complexity index is 162. The van der Waals surface area contributed by atoms with Crippen LogP contribution in [0.4, 0.5) is 0 Å². The van der Waals surface area contributed by atoms with E-state index in [9.17, 15) is 0 Å². The third-order valence-electron chi connectivity index (χ3n) is 0.777. The second kappa shape index (κ2) is 3.26. The van der Waals surface area contributed by atoms with Crippen molar-refractivity contribution in [3.63, 3.8) is 0 Å². The number of halogens is 2. The molecular weight excluding hydrogens is 252 g/mol. The molecule has 0 aromatic carbocycles. The van der Waals surface area contributed by atoms with Crippen molar-refractivity contribution >= 4 is 31.9 Å². The van der Waals surface area contributed by atoms with Crippen LogP contribution in [0.3, 0.4) is 0 Å². The number of rotatable bonds is 2.